The molecule has 0 saturated carbocycles. The molecular weight excluding hydrogens is 232 g/mol. The zero-order valence-corrected chi connectivity index (χ0v) is 10.9. The molecule has 0 aromatic heterocycles. The fourth-order valence-corrected chi connectivity index (χ4v) is 2.38. The number of ether oxygens (including phenoxy) is 2. The van der Waals surface area contributed by atoms with Crippen LogP contribution in [0.5, 0.6) is 0 Å². The summed E-state index contributed by atoms with van der Waals surface area (Å²) in [5.41, 5.74) is 2.05. The Kier molecular flexibility index (Phi) is 3.84. The average Bonchev–Trinajstić information content (AvgIpc) is 2.57. The predicted octanol–water partition coefficient (Wildman–Crippen LogP) is 2.64. The van der Waals surface area contributed by atoms with Gasteiger partial charge in [0.2, 0.25) is 0 Å². The summed E-state index contributed by atoms with van der Waals surface area (Å²) in [6, 6.07) is 0. The van der Waals surface area contributed by atoms with E-state index in [4.69, 9.17) is 9.47 Å². The van der Waals surface area contributed by atoms with Crippen LogP contribution in [-0.4, -0.2) is 18.5 Å². The Balaban J connectivity index is 2.42. The van der Waals surface area contributed by atoms with Gasteiger partial charge in [-0.05, 0) is 39.5 Å². The molecule has 0 aromatic carbocycles. The monoisotopic (exact) mass is 250 g/mol. The van der Waals surface area contributed by atoms with E-state index in [-0.39, 0.29) is 11.9 Å². The molecular formula is C14H18O4. The van der Waals surface area contributed by atoms with E-state index >= 15 is 0 Å². The lowest BCUT2D eigenvalue weighted by Crippen LogP contribution is -2.13. The maximum atomic E-state index is 11.9. The highest BCUT2D eigenvalue weighted by atomic mass is 16.6. The van der Waals surface area contributed by atoms with Gasteiger partial charge in [0, 0.05) is 11.1 Å². The van der Waals surface area contributed by atoms with Crippen molar-refractivity contribution in [1.82, 2.24) is 0 Å². The second kappa shape index (κ2) is 5.38. The van der Waals surface area contributed by atoms with Gasteiger partial charge in [-0.25, -0.2) is 9.59 Å². The standard InChI is InChI=1S/C14H18O4/c1-3-17-14(16)11-8-6-4-5-7-10-9(2)13(15)18-12(10)11/h3-8H2,1-2H3/b12-11-. The Morgan fingerprint density at radius 3 is 2.72 bits per heavy atom. The second-order valence-corrected chi connectivity index (χ2v) is 4.58. The Hall–Kier alpha value is -1.58. The molecule has 2 rings (SSSR count). The van der Waals surface area contributed by atoms with Crippen molar-refractivity contribution in [3.05, 3.63) is 22.5 Å². The Morgan fingerprint density at radius 2 is 2.00 bits per heavy atom. The Morgan fingerprint density at radius 1 is 1.28 bits per heavy atom. The van der Waals surface area contributed by atoms with Crippen molar-refractivity contribution in [2.75, 3.05) is 6.61 Å². The molecule has 4 nitrogen and oxygen atoms in total. The fraction of sp³-hybridized carbons (Fsp3) is 0.571. The van der Waals surface area contributed by atoms with Gasteiger partial charge in [-0.15, -0.1) is 0 Å². The number of carbonyl (C=O) groups is 2. The predicted molar refractivity (Wildman–Crippen MR) is 65.5 cm³/mol. The molecule has 0 amide bonds. The van der Waals surface area contributed by atoms with Crippen molar-refractivity contribution in [3.8, 4) is 0 Å². The molecule has 0 fully saturated rings. The summed E-state index contributed by atoms with van der Waals surface area (Å²) in [5.74, 6) is -0.214. The maximum Gasteiger partial charge on any atom is 0.339 e. The molecule has 0 aromatic rings. The van der Waals surface area contributed by atoms with Crippen LogP contribution in [0.4, 0.5) is 0 Å². The molecule has 1 aliphatic carbocycles. The summed E-state index contributed by atoms with van der Waals surface area (Å²) < 4.78 is 10.3. The van der Waals surface area contributed by atoms with E-state index in [2.05, 4.69) is 0 Å². The topological polar surface area (TPSA) is 52.6 Å². The molecule has 1 aliphatic heterocycles. The molecule has 0 atom stereocenters. The highest BCUT2D eigenvalue weighted by molar-refractivity contribution is 5.97. The van der Waals surface area contributed by atoms with Crippen LogP contribution >= 0.6 is 0 Å². The van der Waals surface area contributed by atoms with E-state index in [9.17, 15) is 9.59 Å². The van der Waals surface area contributed by atoms with Crippen molar-refractivity contribution < 1.29 is 19.1 Å². The number of hydrogen-bond acceptors (Lipinski definition) is 4. The van der Waals surface area contributed by atoms with Crippen LogP contribution in [-0.2, 0) is 19.1 Å². The van der Waals surface area contributed by atoms with Gasteiger partial charge in [-0.1, -0.05) is 6.42 Å². The van der Waals surface area contributed by atoms with Crippen LogP contribution in [0.15, 0.2) is 22.5 Å². The third-order valence-corrected chi connectivity index (χ3v) is 3.38. The molecule has 0 unspecified atom stereocenters. The minimum Gasteiger partial charge on any atom is -0.463 e. The fourth-order valence-electron chi connectivity index (χ4n) is 2.38. The van der Waals surface area contributed by atoms with E-state index in [1.54, 1.807) is 13.8 Å². The van der Waals surface area contributed by atoms with Gasteiger partial charge in [0.05, 0.1) is 12.2 Å². The van der Waals surface area contributed by atoms with Gasteiger partial charge < -0.3 is 9.47 Å². The average molecular weight is 250 g/mol. The van der Waals surface area contributed by atoms with E-state index in [1.165, 1.54) is 0 Å². The third-order valence-electron chi connectivity index (χ3n) is 3.38. The molecule has 1 heterocycles. The first-order valence-electron chi connectivity index (χ1n) is 6.47. The van der Waals surface area contributed by atoms with Crippen molar-refractivity contribution in [2.45, 2.75) is 46.0 Å². The summed E-state index contributed by atoms with van der Waals surface area (Å²) in [5, 5.41) is 0. The maximum absolute atomic E-state index is 11.9. The lowest BCUT2D eigenvalue weighted by Gasteiger charge is -2.15. The van der Waals surface area contributed by atoms with Crippen LogP contribution in [0.2, 0.25) is 0 Å². The summed E-state index contributed by atoms with van der Waals surface area (Å²) in [4.78, 5) is 23.5. The van der Waals surface area contributed by atoms with Gasteiger partial charge in [0.1, 0.15) is 5.76 Å². The van der Waals surface area contributed by atoms with E-state index in [0.29, 0.717) is 29.9 Å². The van der Waals surface area contributed by atoms with Gasteiger partial charge in [-0.2, -0.15) is 0 Å². The van der Waals surface area contributed by atoms with Crippen molar-refractivity contribution in [1.29, 1.82) is 0 Å². The molecule has 18 heavy (non-hydrogen) atoms. The number of fused-ring (bicyclic) bond motifs is 1. The van der Waals surface area contributed by atoms with E-state index < -0.39 is 0 Å². The quantitative estimate of drug-likeness (QED) is 0.707. The first-order valence-corrected chi connectivity index (χ1v) is 6.47. The lowest BCUT2D eigenvalue weighted by molar-refractivity contribution is -0.139. The van der Waals surface area contributed by atoms with Crippen LogP contribution < -0.4 is 0 Å². The van der Waals surface area contributed by atoms with Gasteiger partial charge in [0.25, 0.3) is 0 Å². The van der Waals surface area contributed by atoms with Gasteiger partial charge in [0.15, 0.2) is 0 Å². The molecule has 2 aliphatic rings. The normalized spacial score (nSPS) is 24.2. The molecule has 0 saturated heterocycles. The van der Waals surface area contributed by atoms with Crippen molar-refractivity contribution >= 4 is 11.9 Å². The third kappa shape index (κ3) is 2.33. The second-order valence-electron chi connectivity index (χ2n) is 4.58. The summed E-state index contributed by atoms with van der Waals surface area (Å²) in [7, 11) is 0. The smallest absolute Gasteiger partial charge is 0.339 e. The first kappa shape index (κ1) is 12.9. The van der Waals surface area contributed by atoms with E-state index in [1.807, 2.05) is 0 Å². The molecule has 0 N–H and O–H groups in total. The first-order chi connectivity index (χ1) is 8.65. The number of esters is 2. The van der Waals surface area contributed by atoms with Gasteiger partial charge in [-0.3, -0.25) is 0 Å². The Labute approximate surface area is 107 Å². The minimum atomic E-state index is -0.352. The zero-order chi connectivity index (χ0) is 13.1. The van der Waals surface area contributed by atoms with Crippen molar-refractivity contribution in [3.63, 3.8) is 0 Å². The van der Waals surface area contributed by atoms with E-state index in [0.717, 1.165) is 31.3 Å². The number of hydrogen-bond donors (Lipinski definition) is 0. The largest absolute Gasteiger partial charge is 0.463 e. The van der Waals surface area contributed by atoms with Crippen LogP contribution in [0.1, 0.15) is 46.0 Å². The highest BCUT2D eigenvalue weighted by Gasteiger charge is 2.32. The van der Waals surface area contributed by atoms with Crippen LogP contribution in [0.25, 0.3) is 0 Å². The highest BCUT2D eigenvalue weighted by Crippen LogP contribution is 2.36. The summed E-state index contributed by atoms with van der Waals surface area (Å²) >= 11 is 0. The number of allylic oxidation sites excluding steroid dienone is 1. The van der Waals surface area contributed by atoms with Crippen molar-refractivity contribution in [2.24, 2.45) is 0 Å². The summed E-state index contributed by atoms with van der Waals surface area (Å²) in [6.45, 7) is 3.87. The SMILES string of the molecule is CCOC(=O)/C1=C2\OC(=O)C(C)=C2CCCCC1. The molecule has 0 radical (unpaired) electrons. The van der Waals surface area contributed by atoms with Gasteiger partial charge >= 0.3 is 11.9 Å². The lowest BCUT2D eigenvalue weighted by atomic mass is 9.93. The molecule has 0 bridgehead atoms. The molecule has 98 valence electrons. The molecule has 0 spiro atoms. The van der Waals surface area contributed by atoms with Crippen LogP contribution in [0.3, 0.4) is 0 Å². The summed E-state index contributed by atoms with van der Waals surface area (Å²) in [6.07, 6.45) is 4.44. The Bertz CT molecular complexity index is 443. The van der Waals surface area contributed by atoms with Crippen LogP contribution in [0, 0.1) is 0 Å². The minimum absolute atomic E-state index is 0.330. The number of carbonyl (C=O) groups excluding carboxylic acids is 2. The zero-order valence-electron chi connectivity index (χ0n) is 10.9. The number of rotatable bonds is 2. The molecule has 4 heteroatoms.